The van der Waals surface area contributed by atoms with Crippen molar-refractivity contribution in [3.8, 4) is 6.07 Å². The molecule has 3 N–H and O–H groups in total. The van der Waals surface area contributed by atoms with Gasteiger partial charge in [0.1, 0.15) is 0 Å². The van der Waals surface area contributed by atoms with E-state index >= 15 is 0 Å². The van der Waals surface area contributed by atoms with Crippen LogP contribution in [-0.4, -0.2) is 20.9 Å². The Balaban J connectivity index is 2.27. The lowest BCUT2D eigenvalue weighted by atomic mass is 10.2. The molecule has 0 amide bonds. The molecule has 2 heterocycles. The van der Waals surface area contributed by atoms with Gasteiger partial charge in [0.15, 0.2) is 0 Å². The van der Waals surface area contributed by atoms with Crippen LogP contribution in [0.1, 0.15) is 11.3 Å². The highest BCUT2D eigenvalue weighted by molar-refractivity contribution is 5.81. The van der Waals surface area contributed by atoms with E-state index in [1.54, 1.807) is 6.07 Å². The molecule has 0 saturated carbocycles. The Morgan fingerprint density at radius 1 is 1.47 bits per heavy atom. The van der Waals surface area contributed by atoms with Gasteiger partial charge < -0.3 is 10.7 Å². The predicted octanol–water partition coefficient (Wildman–Crippen LogP) is 1.19. The van der Waals surface area contributed by atoms with Crippen LogP contribution in [0.4, 0.5) is 0 Å². The van der Waals surface area contributed by atoms with Gasteiger partial charge in [-0.15, -0.1) is 0 Å². The predicted molar refractivity (Wildman–Crippen MR) is 64.5 cm³/mol. The number of nitriles is 1. The Labute approximate surface area is 97.5 Å². The zero-order valence-corrected chi connectivity index (χ0v) is 9.14. The van der Waals surface area contributed by atoms with Gasteiger partial charge in [-0.25, -0.2) is 4.98 Å². The normalized spacial score (nSPS) is 11.1. The summed E-state index contributed by atoms with van der Waals surface area (Å²) in [7, 11) is 0. The molecule has 0 spiro atoms. The van der Waals surface area contributed by atoms with Crippen molar-refractivity contribution in [3.05, 3.63) is 35.7 Å². The quantitative estimate of drug-likeness (QED) is 0.687. The summed E-state index contributed by atoms with van der Waals surface area (Å²) in [4.78, 5) is 7.66. The summed E-state index contributed by atoms with van der Waals surface area (Å²) >= 11 is 0. The van der Waals surface area contributed by atoms with Crippen LogP contribution >= 0.6 is 0 Å². The first-order valence-electron chi connectivity index (χ1n) is 5.41. The molecule has 1 aromatic carbocycles. The molecule has 0 fully saturated rings. The molecule has 0 atom stereocenters. The van der Waals surface area contributed by atoms with Crippen molar-refractivity contribution in [2.75, 3.05) is 6.54 Å². The van der Waals surface area contributed by atoms with E-state index in [1.165, 1.54) is 0 Å². The molecule has 0 saturated heterocycles. The van der Waals surface area contributed by atoms with Crippen molar-refractivity contribution in [2.24, 2.45) is 5.73 Å². The minimum Gasteiger partial charge on any atom is -0.330 e. The molecular formula is C12H11N5. The molecule has 5 nitrogen and oxygen atoms in total. The number of aromatic amines is 1. The third kappa shape index (κ3) is 1.47. The fourth-order valence-electron chi connectivity index (χ4n) is 2.00. The maximum atomic E-state index is 8.89. The zero-order chi connectivity index (χ0) is 11.8. The van der Waals surface area contributed by atoms with Crippen molar-refractivity contribution in [2.45, 2.75) is 6.42 Å². The molecular weight excluding hydrogens is 214 g/mol. The van der Waals surface area contributed by atoms with E-state index < -0.39 is 0 Å². The fourth-order valence-corrected chi connectivity index (χ4v) is 2.00. The SMILES string of the molecule is N#Cc1ccc2nc3[nH]c(CCN)cn3c2c1. The second-order valence-electron chi connectivity index (χ2n) is 3.94. The number of nitrogens with one attached hydrogen (secondary N) is 1. The van der Waals surface area contributed by atoms with Gasteiger partial charge >= 0.3 is 0 Å². The van der Waals surface area contributed by atoms with Gasteiger partial charge in [0.05, 0.1) is 22.7 Å². The first-order chi connectivity index (χ1) is 8.31. The number of hydrogen-bond donors (Lipinski definition) is 2. The van der Waals surface area contributed by atoms with E-state index in [9.17, 15) is 0 Å². The molecule has 0 radical (unpaired) electrons. The second kappa shape index (κ2) is 3.61. The monoisotopic (exact) mass is 225 g/mol. The maximum Gasteiger partial charge on any atom is 0.212 e. The lowest BCUT2D eigenvalue weighted by molar-refractivity contribution is 0.936. The number of nitrogens with zero attached hydrogens (tertiary/aromatic N) is 3. The molecule has 0 aliphatic carbocycles. The Morgan fingerprint density at radius 2 is 2.35 bits per heavy atom. The van der Waals surface area contributed by atoms with Crippen LogP contribution < -0.4 is 5.73 Å². The molecule has 3 rings (SSSR count). The highest BCUT2D eigenvalue weighted by Crippen LogP contribution is 2.18. The summed E-state index contributed by atoms with van der Waals surface area (Å²) in [5, 5.41) is 8.89. The molecule has 5 heteroatoms. The minimum absolute atomic E-state index is 0.602. The maximum absolute atomic E-state index is 8.89. The van der Waals surface area contributed by atoms with Crippen LogP contribution in [0, 0.1) is 11.3 Å². The largest absolute Gasteiger partial charge is 0.330 e. The number of benzene rings is 1. The van der Waals surface area contributed by atoms with Gasteiger partial charge in [0.25, 0.3) is 0 Å². The number of hydrogen-bond acceptors (Lipinski definition) is 3. The number of nitrogens with two attached hydrogens (primary N) is 1. The zero-order valence-electron chi connectivity index (χ0n) is 9.14. The van der Waals surface area contributed by atoms with Crippen LogP contribution in [0.25, 0.3) is 16.8 Å². The Hall–Kier alpha value is -2.32. The van der Waals surface area contributed by atoms with Crippen molar-refractivity contribution in [1.29, 1.82) is 5.26 Å². The fraction of sp³-hybridized carbons (Fsp3) is 0.167. The summed E-state index contributed by atoms with van der Waals surface area (Å²) in [5.74, 6) is 0.790. The Kier molecular flexibility index (Phi) is 2.10. The average molecular weight is 225 g/mol. The van der Waals surface area contributed by atoms with Crippen LogP contribution in [-0.2, 0) is 6.42 Å². The molecule has 3 aromatic rings. The molecule has 0 unspecified atom stereocenters. The second-order valence-corrected chi connectivity index (χ2v) is 3.94. The smallest absolute Gasteiger partial charge is 0.212 e. The van der Waals surface area contributed by atoms with E-state index in [0.29, 0.717) is 12.1 Å². The first-order valence-corrected chi connectivity index (χ1v) is 5.41. The van der Waals surface area contributed by atoms with Crippen LogP contribution in [0.15, 0.2) is 24.4 Å². The highest BCUT2D eigenvalue weighted by atomic mass is 15.1. The Bertz CT molecular complexity index is 728. The average Bonchev–Trinajstić information content (AvgIpc) is 2.86. The third-order valence-corrected chi connectivity index (χ3v) is 2.79. The number of rotatable bonds is 2. The van der Waals surface area contributed by atoms with Crippen LogP contribution in [0.2, 0.25) is 0 Å². The lowest BCUT2D eigenvalue weighted by Gasteiger charge is -1.92. The number of aromatic nitrogens is 3. The first kappa shape index (κ1) is 9.87. The number of imidazole rings is 2. The summed E-state index contributed by atoms with van der Waals surface area (Å²) in [6, 6.07) is 7.61. The number of fused-ring (bicyclic) bond motifs is 3. The third-order valence-electron chi connectivity index (χ3n) is 2.79. The Morgan fingerprint density at radius 3 is 3.12 bits per heavy atom. The minimum atomic E-state index is 0.602. The lowest BCUT2D eigenvalue weighted by Crippen LogP contribution is -2.02. The van der Waals surface area contributed by atoms with Crippen molar-refractivity contribution in [3.63, 3.8) is 0 Å². The van der Waals surface area contributed by atoms with Crippen molar-refractivity contribution < 1.29 is 0 Å². The topological polar surface area (TPSA) is 82.9 Å². The molecule has 2 aromatic heterocycles. The van der Waals surface area contributed by atoms with Gasteiger partial charge in [-0.2, -0.15) is 5.26 Å². The summed E-state index contributed by atoms with van der Waals surface area (Å²) in [5.41, 5.74) is 9.04. The molecule has 0 bridgehead atoms. The van der Waals surface area contributed by atoms with Crippen LogP contribution in [0.5, 0.6) is 0 Å². The summed E-state index contributed by atoms with van der Waals surface area (Å²) in [6.07, 6.45) is 2.78. The highest BCUT2D eigenvalue weighted by Gasteiger charge is 2.08. The molecule has 0 aliphatic heterocycles. The van der Waals surface area contributed by atoms with Gasteiger partial charge in [-0.1, -0.05) is 0 Å². The van der Waals surface area contributed by atoms with Gasteiger partial charge in [0.2, 0.25) is 5.78 Å². The van der Waals surface area contributed by atoms with E-state index in [2.05, 4.69) is 16.0 Å². The number of H-pyrrole nitrogens is 1. The van der Waals surface area contributed by atoms with Gasteiger partial charge in [-0.3, -0.25) is 4.40 Å². The molecule has 17 heavy (non-hydrogen) atoms. The van der Waals surface area contributed by atoms with E-state index in [-0.39, 0.29) is 0 Å². The van der Waals surface area contributed by atoms with Crippen molar-refractivity contribution in [1.82, 2.24) is 14.4 Å². The van der Waals surface area contributed by atoms with Crippen molar-refractivity contribution >= 4 is 16.8 Å². The van der Waals surface area contributed by atoms with E-state index in [4.69, 9.17) is 11.0 Å². The summed E-state index contributed by atoms with van der Waals surface area (Å²) < 4.78 is 1.96. The standard InChI is InChI=1S/C12H11N5/c13-4-3-9-7-17-11-5-8(6-14)1-2-10(11)16-12(17)15-9/h1-2,5,7H,3-4,13H2,(H,15,16). The van der Waals surface area contributed by atoms with Crippen LogP contribution in [0.3, 0.4) is 0 Å². The van der Waals surface area contributed by atoms with Gasteiger partial charge in [0, 0.05) is 18.3 Å². The molecule has 0 aliphatic rings. The molecule has 84 valence electrons. The van der Waals surface area contributed by atoms with E-state index in [0.717, 1.165) is 28.9 Å². The van der Waals surface area contributed by atoms with Gasteiger partial charge in [-0.05, 0) is 24.7 Å². The summed E-state index contributed by atoms with van der Waals surface area (Å²) in [6.45, 7) is 0.602. The van der Waals surface area contributed by atoms with E-state index in [1.807, 2.05) is 22.7 Å².